The third-order valence-electron chi connectivity index (χ3n) is 3.96. The summed E-state index contributed by atoms with van der Waals surface area (Å²) in [6, 6.07) is 13.6. The van der Waals surface area contributed by atoms with Gasteiger partial charge in [-0.25, -0.2) is 4.39 Å². The minimum Gasteiger partial charge on any atom is -0.321 e. The van der Waals surface area contributed by atoms with Crippen LogP contribution in [0, 0.1) is 17.1 Å². The number of anilines is 2. The average Bonchev–Trinajstić information content (AvgIpc) is 2.63. The maximum absolute atomic E-state index is 12.9. The summed E-state index contributed by atoms with van der Waals surface area (Å²) in [5.74, 6) is -0.913. The Kier molecular flexibility index (Phi) is 6.42. The van der Waals surface area contributed by atoms with E-state index in [1.165, 1.54) is 24.3 Å². The van der Waals surface area contributed by atoms with Crippen LogP contribution in [-0.2, 0) is 9.59 Å². The van der Waals surface area contributed by atoms with Gasteiger partial charge in [0.25, 0.3) is 11.8 Å². The maximum Gasteiger partial charge on any atom is 0.282 e. The number of carbonyl (C=O) groups excluding carboxylic acids is 2. The largest absolute Gasteiger partial charge is 0.321 e. The van der Waals surface area contributed by atoms with Gasteiger partial charge in [0.2, 0.25) is 0 Å². The highest BCUT2D eigenvalue weighted by Gasteiger charge is 2.24. The van der Waals surface area contributed by atoms with Crippen LogP contribution < -0.4 is 15.5 Å². The highest BCUT2D eigenvalue weighted by Crippen LogP contribution is 2.10. The molecule has 0 saturated carbocycles. The number of quaternary nitrogens is 1. The van der Waals surface area contributed by atoms with Crippen molar-refractivity contribution in [2.24, 2.45) is 0 Å². The van der Waals surface area contributed by atoms with E-state index in [4.69, 9.17) is 5.26 Å². The summed E-state index contributed by atoms with van der Waals surface area (Å²) in [5, 5.41) is 14.3. The van der Waals surface area contributed by atoms with Crippen LogP contribution in [0.15, 0.2) is 48.5 Å². The Morgan fingerprint density at radius 3 is 2.50 bits per heavy atom. The van der Waals surface area contributed by atoms with Crippen molar-refractivity contribution in [1.29, 1.82) is 5.26 Å². The Balaban J connectivity index is 1.90. The molecule has 6 nitrogen and oxygen atoms in total. The molecule has 0 aliphatic rings. The predicted octanol–water partition coefficient (Wildman–Crippen LogP) is 1.18. The first kappa shape index (κ1) is 19.1. The van der Waals surface area contributed by atoms with E-state index in [1.807, 2.05) is 6.07 Å². The van der Waals surface area contributed by atoms with Crippen LogP contribution in [0.5, 0.6) is 0 Å². The Morgan fingerprint density at radius 1 is 1.15 bits per heavy atom. The average molecular weight is 355 g/mol. The normalized spacial score (nSPS) is 12.5. The molecule has 2 amide bonds. The number of likely N-dealkylation sites (N-methyl/N-ethyl adjacent to an activating group) is 1. The number of benzene rings is 2. The lowest BCUT2D eigenvalue weighted by atomic mass is 10.2. The fraction of sp³-hybridized carbons (Fsp3) is 0.211. The zero-order chi connectivity index (χ0) is 19.1. The Labute approximate surface area is 151 Å². The quantitative estimate of drug-likeness (QED) is 0.727. The fourth-order valence-electron chi connectivity index (χ4n) is 2.29. The third-order valence-corrected chi connectivity index (χ3v) is 3.96. The van der Waals surface area contributed by atoms with E-state index in [0.29, 0.717) is 21.8 Å². The van der Waals surface area contributed by atoms with Gasteiger partial charge >= 0.3 is 0 Å². The summed E-state index contributed by atoms with van der Waals surface area (Å²) < 4.78 is 12.9. The number of rotatable bonds is 6. The minimum absolute atomic E-state index is 0.0736. The molecule has 0 fully saturated rings. The molecule has 2 aromatic rings. The molecule has 0 heterocycles. The molecule has 134 valence electrons. The monoisotopic (exact) mass is 355 g/mol. The summed E-state index contributed by atoms with van der Waals surface area (Å²) in [6.07, 6.45) is 0. The van der Waals surface area contributed by atoms with Crippen LogP contribution in [0.4, 0.5) is 15.8 Å². The number of hydrogen-bond donors (Lipinski definition) is 3. The fourth-order valence-corrected chi connectivity index (χ4v) is 2.29. The maximum atomic E-state index is 12.9. The molecular weight excluding hydrogens is 335 g/mol. The van der Waals surface area contributed by atoms with Crippen molar-refractivity contribution in [3.8, 4) is 6.07 Å². The van der Waals surface area contributed by atoms with Crippen molar-refractivity contribution in [2.75, 3.05) is 24.2 Å². The lowest BCUT2D eigenvalue weighted by molar-refractivity contribution is -0.885. The molecule has 2 aromatic carbocycles. The van der Waals surface area contributed by atoms with Gasteiger partial charge in [0.15, 0.2) is 12.6 Å². The number of nitrogens with zero attached hydrogens (tertiary/aromatic N) is 1. The van der Waals surface area contributed by atoms with Crippen molar-refractivity contribution in [3.63, 3.8) is 0 Å². The molecule has 0 aromatic heterocycles. The molecular formula is C19H20FN4O2+. The number of nitriles is 1. The molecule has 7 heteroatoms. The molecule has 0 saturated heterocycles. The van der Waals surface area contributed by atoms with E-state index >= 15 is 0 Å². The first-order chi connectivity index (χ1) is 12.4. The van der Waals surface area contributed by atoms with Crippen molar-refractivity contribution < 1.29 is 18.9 Å². The number of hydrogen-bond acceptors (Lipinski definition) is 3. The van der Waals surface area contributed by atoms with Crippen molar-refractivity contribution in [1.82, 2.24) is 0 Å². The standard InChI is InChI=1S/C19H19FN4O2/c1-13(19(26)23-17-5-3-4-14(10-17)11-21)24(2)12-18(25)22-16-8-6-15(20)7-9-16/h3-10,13H,12H2,1-2H3,(H,22,25)(H,23,26)/p+1/t13-/m0/s1. The molecule has 2 rings (SSSR count). The molecule has 0 aliphatic carbocycles. The topological polar surface area (TPSA) is 86.4 Å². The summed E-state index contributed by atoms with van der Waals surface area (Å²) in [6.45, 7) is 1.79. The van der Waals surface area contributed by atoms with E-state index in [2.05, 4.69) is 10.6 Å². The van der Waals surface area contributed by atoms with Gasteiger partial charge in [-0.05, 0) is 49.4 Å². The molecule has 0 radical (unpaired) electrons. The zero-order valence-corrected chi connectivity index (χ0v) is 14.5. The van der Waals surface area contributed by atoms with Gasteiger partial charge in [0, 0.05) is 11.4 Å². The van der Waals surface area contributed by atoms with E-state index < -0.39 is 6.04 Å². The lowest BCUT2D eigenvalue weighted by Gasteiger charge is -2.20. The molecule has 3 N–H and O–H groups in total. The molecule has 2 atom stereocenters. The number of nitrogens with one attached hydrogen (secondary N) is 3. The van der Waals surface area contributed by atoms with E-state index in [1.54, 1.807) is 38.2 Å². The van der Waals surface area contributed by atoms with Crippen molar-refractivity contribution in [3.05, 3.63) is 59.9 Å². The third kappa shape index (κ3) is 5.40. The first-order valence-electron chi connectivity index (χ1n) is 8.08. The summed E-state index contributed by atoms with van der Waals surface area (Å²) in [7, 11) is 1.74. The highest BCUT2D eigenvalue weighted by molar-refractivity contribution is 5.94. The van der Waals surface area contributed by atoms with Gasteiger partial charge in [-0.15, -0.1) is 0 Å². The van der Waals surface area contributed by atoms with Gasteiger partial charge in [-0.3, -0.25) is 9.59 Å². The minimum atomic E-state index is -0.486. The van der Waals surface area contributed by atoms with Gasteiger partial charge in [-0.1, -0.05) is 6.07 Å². The number of halogens is 1. The lowest BCUT2D eigenvalue weighted by Crippen LogP contribution is -3.14. The number of carbonyl (C=O) groups is 2. The van der Waals surface area contributed by atoms with Gasteiger partial charge in [0.1, 0.15) is 5.82 Å². The van der Waals surface area contributed by atoms with Crippen LogP contribution in [0.3, 0.4) is 0 Å². The van der Waals surface area contributed by atoms with Gasteiger partial charge < -0.3 is 15.5 Å². The zero-order valence-electron chi connectivity index (χ0n) is 14.5. The molecule has 0 bridgehead atoms. The first-order valence-corrected chi connectivity index (χ1v) is 8.08. The van der Waals surface area contributed by atoms with Crippen LogP contribution in [0.25, 0.3) is 0 Å². The van der Waals surface area contributed by atoms with Crippen LogP contribution in [0.1, 0.15) is 12.5 Å². The van der Waals surface area contributed by atoms with Crippen molar-refractivity contribution >= 4 is 23.2 Å². The molecule has 0 spiro atoms. The number of amides is 2. The Bertz CT molecular complexity index is 830. The SMILES string of the molecule is C[C@@H](C(=O)Nc1cccc(C#N)c1)[NH+](C)CC(=O)Nc1ccc(F)cc1. The van der Waals surface area contributed by atoms with E-state index in [9.17, 15) is 14.0 Å². The van der Waals surface area contributed by atoms with Crippen LogP contribution >= 0.6 is 0 Å². The Morgan fingerprint density at radius 2 is 1.85 bits per heavy atom. The van der Waals surface area contributed by atoms with Crippen LogP contribution in [-0.4, -0.2) is 31.4 Å². The summed E-state index contributed by atoms with van der Waals surface area (Å²) in [5.41, 5.74) is 1.48. The van der Waals surface area contributed by atoms with Gasteiger partial charge in [0.05, 0.1) is 18.7 Å². The van der Waals surface area contributed by atoms with Gasteiger partial charge in [-0.2, -0.15) is 5.26 Å². The van der Waals surface area contributed by atoms with E-state index in [-0.39, 0.29) is 24.2 Å². The molecule has 0 aliphatic heterocycles. The van der Waals surface area contributed by atoms with E-state index in [0.717, 1.165) is 0 Å². The summed E-state index contributed by atoms with van der Waals surface area (Å²) in [4.78, 5) is 25.1. The highest BCUT2D eigenvalue weighted by atomic mass is 19.1. The Hall–Kier alpha value is -3.24. The van der Waals surface area contributed by atoms with Crippen molar-refractivity contribution in [2.45, 2.75) is 13.0 Å². The van der Waals surface area contributed by atoms with Crippen LogP contribution in [0.2, 0.25) is 0 Å². The summed E-state index contributed by atoms with van der Waals surface area (Å²) >= 11 is 0. The molecule has 1 unspecified atom stereocenters. The molecule has 26 heavy (non-hydrogen) atoms. The smallest absolute Gasteiger partial charge is 0.282 e. The second kappa shape index (κ2) is 8.74. The predicted molar refractivity (Wildman–Crippen MR) is 96.0 cm³/mol. The second-order valence-electron chi connectivity index (χ2n) is 5.98. The second-order valence-corrected chi connectivity index (χ2v) is 5.98.